The van der Waals surface area contributed by atoms with Crippen molar-refractivity contribution in [3.63, 3.8) is 0 Å². The zero-order valence-electron chi connectivity index (χ0n) is 12.6. The zero-order valence-corrected chi connectivity index (χ0v) is 12.6. The minimum absolute atomic E-state index is 0.115. The van der Waals surface area contributed by atoms with Crippen molar-refractivity contribution in [1.82, 2.24) is 15.1 Å². The van der Waals surface area contributed by atoms with Crippen LogP contribution in [-0.4, -0.2) is 21.7 Å². The lowest BCUT2D eigenvalue weighted by Crippen LogP contribution is -2.37. The van der Waals surface area contributed by atoms with Crippen LogP contribution in [0.25, 0.3) is 11.5 Å². The number of carbonyl (C=O) groups is 1. The summed E-state index contributed by atoms with van der Waals surface area (Å²) in [6.07, 6.45) is 0. The van der Waals surface area contributed by atoms with E-state index in [1.807, 2.05) is 26.0 Å². The molecule has 0 aliphatic rings. The van der Waals surface area contributed by atoms with Crippen LogP contribution >= 0.6 is 0 Å². The summed E-state index contributed by atoms with van der Waals surface area (Å²) in [5, 5.41) is 7.31. The summed E-state index contributed by atoms with van der Waals surface area (Å²) < 4.78 is 7.11. The number of amides is 1. The average Bonchev–Trinajstić information content (AvgIpc) is 2.95. The fraction of sp³-hybridized carbons (Fsp3) is 0.467. The van der Waals surface area contributed by atoms with Crippen molar-refractivity contribution in [2.75, 3.05) is 0 Å². The summed E-state index contributed by atoms with van der Waals surface area (Å²) in [4.78, 5) is 12.2. The molecule has 0 bridgehead atoms. The van der Waals surface area contributed by atoms with E-state index in [1.165, 1.54) is 0 Å². The molecular formula is C15H21N3O2. The summed E-state index contributed by atoms with van der Waals surface area (Å²) in [6.45, 7) is 8.02. The molecule has 0 radical (unpaired) electrons. The molecule has 0 aromatic carbocycles. The van der Waals surface area contributed by atoms with Crippen LogP contribution in [0.4, 0.5) is 0 Å². The largest absolute Gasteiger partial charge is 0.460 e. The zero-order chi connectivity index (χ0) is 14.9. The van der Waals surface area contributed by atoms with Crippen molar-refractivity contribution in [1.29, 1.82) is 0 Å². The van der Waals surface area contributed by atoms with Crippen LogP contribution < -0.4 is 5.32 Å². The van der Waals surface area contributed by atoms with Gasteiger partial charge in [0, 0.05) is 19.2 Å². The van der Waals surface area contributed by atoms with Gasteiger partial charge < -0.3 is 9.73 Å². The third kappa shape index (κ3) is 2.92. The Morgan fingerprint density at radius 2 is 2.05 bits per heavy atom. The first kappa shape index (κ1) is 14.4. The van der Waals surface area contributed by atoms with Crippen LogP contribution in [0.2, 0.25) is 0 Å². The number of nitrogens with zero attached hydrogens (tertiary/aromatic N) is 2. The lowest BCUT2D eigenvalue weighted by atomic mass is 10.1. The molecule has 2 heterocycles. The molecule has 2 aromatic rings. The highest BCUT2D eigenvalue weighted by Gasteiger charge is 2.18. The Bertz CT molecular complexity index is 610. The molecule has 0 saturated heterocycles. The minimum atomic E-state index is -0.115. The molecule has 108 valence electrons. The number of aryl methyl sites for hydroxylation is 2. The van der Waals surface area contributed by atoms with E-state index in [0.29, 0.717) is 23.1 Å². The second-order valence-electron chi connectivity index (χ2n) is 5.45. The lowest BCUT2D eigenvalue weighted by molar-refractivity contribution is 0.0921. The van der Waals surface area contributed by atoms with E-state index in [2.05, 4.69) is 24.3 Å². The predicted molar refractivity (Wildman–Crippen MR) is 77.4 cm³/mol. The molecule has 2 rings (SSSR count). The van der Waals surface area contributed by atoms with E-state index in [-0.39, 0.29) is 11.9 Å². The normalized spacial score (nSPS) is 12.7. The monoisotopic (exact) mass is 275 g/mol. The number of hydrogen-bond donors (Lipinski definition) is 1. The van der Waals surface area contributed by atoms with E-state index in [0.717, 1.165) is 5.76 Å². The molecule has 1 unspecified atom stereocenters. The van der Waals surface area contributed by atoms with Gasteiger partial charge in [-0.3, -0.25) is 9.48 Å². The summed E-state index contributed by atoms with van der Waals surface area (Å²) >= 11 is 0. The van der Waals surface area contributed by atoms with Gasteiger partial charge in [-0.2, -0.15) is 5.10 Å². The molecule has 0 fully saturated rings. The fourth-order valence-corrected chi connectivity index (χ4v) is 1.82. The minimum Gasteiger partial charge on any atom is -0.460 e. The first-order valence-corrected chi connectivity index (χ1v) is 6.80. The molecule has 0 spiro atoms. The van der Waals surface area contributed by atoms with Crippen LogP contribution in [0.1, 0.15) is 37.0 Å². The maximum atomic E-state index is 12.2. The van der Waals surface area contributed by atoms with Crippen molar-refractivity contribution < 1.29 is 9.21 Å². The topological polar surface area (TPSA) is 60.1 Å². The number of furan rings is 1. The highest BCUT2D eigenvalue weighted by molar-refractivity contribution is 5.93. The summed E-state index contributed by atoms with van der Waals surface area (Å²) in [7, 11) is 1.76. The van der Waals surface area contributed by atoms with Crippen molar-refractivity contribution in [3.8, 4) is 11.5 Å². The summed E-state index contributed by atoms with van der Waals surface area (Å²) in [6, 6.07) is 5.60. The Balaban J connectivity index is 2.21. The highest BCUT2D eigenvalue weighted by atomic mass is 16.3. The second-order valence-corrected chi connectivity index (χ2v) is 5.45. The molecule has 0 aliphatic carbocycles. The maximum Gasteiger partial charge on any atom is 0.269 e. The number of aromatic nitrogens is 2. The van der Waals surface area contributed by atoms with Gasteiger partial charge >= 0.3 is 0 Å². The molecule has 1 N–H and O–H groups in total. The second kappa shape index (κ2) is 5.53. The van der Waals surface area contributed by atoms with E-state index in [1.54, 1.807) is 17.8 Å². The van der Waals surface area contributed by atoms with Gasteiger partial charge in [0.2, 0.25) is 0 Å². The smallest absolute Gasteiger partial charge is 0.269 e. The van der Waals surface area contributed by atoms with Crippen LogP contribution in [0.3, 0.4) is 0 Å². The first-order valence-electron chi connectivity index (χ1n) is 6.80. The highest BCUT2D eigenvalue weighted by Crippen LogP contribution is 2.21. The van der Waals surface area contributed by atoms with Gasteiger partial charge in [-0.05, 0) is 31.9 Å². The number of nitrogens with one attached hydrogen (secondary N) is 1. The van der Waals surface area contributed by atoms with E-state index in [9.17, 15) is 4.79 Å². The predicted octanol–water partition coefficient (Wildman–Crippen LogP) is 2.76. The van der Waals surface area contributed by atoms with Gasteiger partial charge in [-0.15, -0.1) is 0 Å². The van der Waals surface area contributed by atoms with Gasteiger partial charge in [0.05, 0.1) is 0 Å². The van der Waals surface area contributed by atoms with E-state index >= 15 is 0 Å². The van der Waals surface area contributed by atoms with Gasteiger partial charge in [0.15, 0.2) is 5.76 Å². The van der Waals surface area contributed by atoms with Crippen molar-refractivity contribution >= 4 is 5.91 Å². The summed E-state index contributed by atoms with van der Waals surface area (Å²) in [5.74, 6) is 1.77. The maximum absolute atomic E-state index is 12.2. The van der Waals surface area contributed by atoms with E-state index < -0.39 is 0 Å². The molecule has 1 atom stereocenters. The quantitative estimate of drug-likeness (QED) is 0.933. The molecule has 5 heteroatoms. The number of carbonyl (C=O) groups excluding carboxylic acids is 1. The van der Waals surface area contributed by atoms with Gasteiger partial charge in [-0.1, -0.05) is 13.8 Å². The van der Waals surface area contributed by atoms with Gasteiger partial charge in [0.25, 0.3) is 5.91 Å². The van der Waals surface area contributed by atoms with Crippen molar-refractivity contribution in [2.24, 2.45) is 13.0 Å². The fourth-order valence-electron chi connectivity index (χ4n) is 1.82. The van der Waals surface area contributed by atoms with Gasteiger partial charge in [0.1, 0.15) is 17.1 Å². The Labute approximate surface area is 119 Å². The first-order chi connectivity index (χ1) is 9.38. The van der Waals surface area contributed by atoms with Crippen LogP contribution in [-0.2, 0) is 7.05 Å². The van der Waals surface area contributed by atoms with Crippen LogP contribution in [0, 0.1) is 12.8 Å². The Morgan fingerprint density at radius 3 is 2.60 bits per heavy atom. The Hall–Kier alpha value is -2.04. The summed E-state index contributed by atoms with van der Waals surface area (Å²) in [5.41, 5.74) is 1.20. The SMILES string of the molecule is Cc1ccc(-c2cc(C(=O)NC(C)C(C)C)n(C)n2)o1. The molecule has 1 amide bonds. The average molecular weight is 275 g/mol. The third-order valence-corrected chi connectivity index (χ3v) is 3.46. The molecule has 5 nitrogen and oxygen atoms in total. The standard InChI is InChI=1S/C15H21N3O2/c1-9(2)11(4)16-15(19)13-8-12(17-18(13)5)14-7-6-10(3)20-14/h6-9,11H,1-5H3,(H,16,19). The van der Waals surface area contributed by atoms with Gasteiger partial charge in [-0.25, -0.2) is 0 Å². The third-order valence-electron chi connectivity index (χ3n) is 3.46. The van der Waals surface area contributed by atoms with Crippen molar-refractivity contribution in [3.05, 3.63) is 29.7 Å². The number of hydrogen-bond acceptors (Lipinski definition) is 3. The van der Waals surface area contributed by atoms with Crippen LogP contribution in [0.15, 0.2) is 22.6 Å². The lowest BCUT2D eigenvalue weighted by Gasteiger charge is -2.17. The molecular weight excluding hydrogens is 254 g/mol. The molecule has 0 aliphatic heterocycles. The van der Waals surface area contributed by atoms with Crippen LogP contribution in [0.5, 0.6) is 0 Å². The van der Waals surface area contributed by atoms with E-state index in [4.69, 9.17) is 4.42 Å². The molecule has 0 saturated carbocycles. The molecule has 2 aromatic heterocycles. The van der Waals surface area contributed by atoms with Crippen molar-refractivity contribution in [2.45, 2.75) is 33.7 Å². The molecule has 20 heavy (non-hydrogen) atoms. The Morgan fingerprint density at radius 1 is 1.35 bits per heavy atom. The Kier molecular flexibility index (Phi) is 3.97. The number of rotatable bonds is 4.